The maximum Gasteiger partial charge on any atom is 0.280 e. The molecule has 4 rings (SSSR count). The molecule has 0 fully saturated rings. The number of para-hydroxylation sites is 1. The molecule has 0 unspecified atom stereocenters. The van der Waals surface area contributed by atoms with Crippen LogP contribution in [0.3, 0.4) is 0 Å². The minimum Gasteiger partial charge on any atom is -0.265 e. The summed E-state index contributed by atoms with van der Waals surface area (Å²) < 4.78 is 2.07. The van der Waals surface area contributed by atoms with Crippen LogP contribution in [0.5, 0.6) is 0 Å². The van der Waals surface area contributed by atoms with Crippen LogP contribution < -0.4 is 4.57 Å². The zero-order valence-corrected chi connectivity index (χ0v) is 17.7. The van der Waals surface area contributed by atoms with Crippen LogP contribution in [0.4, 0.5) is 0 Å². The van der Waals surface area contributed by atoms with Gasteiger partial charge in [0.1, 0.15) is 0 Å². The molecule has 0 aliphatic heterocycles. The zero-order valence-electron chi connectivity index (χ0n) is 14.9. The van der Waals surface area contributed by atoms with Crippen molar-refractivity contribution in [2.45, 2.75) is 6.92 Å². The van der Waals surface area contributed by atoms with E-state index in [1.165, 1.54) is 5.56 Å². The van der Waals surface area contributed by atoms with Crippen LogP contribution >= 0.6 is 0 Å². The maximum absolute atomic E-state index is 4.52. The predicted octanol–water partition coefficient (Wildman–Crippen LogP) is 3.92. The third-order valence-electron chi connectivity index (χ3n) is 4.27. The predicted molar refractivity (Wildman–Crippen MR) is 102 cm³/mol. The minimum atomic E-state index is 0. The van der Waals surface area contributed by atoms with Gasteiger partial charge in [-0.2, -0.15) is 42.0 Å². The molecule has 0 aliphatic rings. The molecule has 4 radical (unpaired) electrons. The zero-order chi connectivity index (χ0) is 16.5. The first-order chi connectivity index (χ1) is 11.7. The van der Waals surface area contributed by atoms with Gasteiger partial charge in [0.25, 0.3) is 6.33 Å². The fraction of sp³-hybridized carbons (Fsp3) is 0.0909. The summed E-state index contributed by atoms with van der Waals surface area (Å²) in [7, 11) is 2.03. The number of nitrogens with zero attached hydrogens (tertiary/aromatic N) is 2. The van der Waals surface area contributed by atoms with Gasteiger partial charge in [0, 0.05) is 46.5 Å². The number of benzene rings is 3. The first kappa shape index (κ1) is 20.5. The van der Waals surface area contributed by atoms with Gasteiger partial charge < -0.3 is 0 Å². The fourth-order valence-electron chi connectivity index (χ4n) is 3.02. The van der Waals surface area contributed by atoms with Crippen molar-refractivity contribution in [3.8, 4) is 22.4 Å². The number of hydrogen-bond donors (Lipinski definition) is 0. The van der Waals surface area contributed by atoms with Gasteiger partial charge >= 0.3 is 0 Å². The van der Waals surface area contributed by atoms with Crippen molar-refractivity contribution in [3.05, 3.63) is 84.7 Å². The Balaban J connectivity index is 0.00000121. The number of aryl methyl sites for hydroxylation is 2. The van der Waals surface area contributed by atoms with E-state index in [9.17, 15) is 0 Å². The second-order valence-electron chi connectivity index (χ2n) is 5.93. The summed E-state index contributed by atoms with van der Waals surface area (Å²) in [6.07, 6.45) is 1.87. The second-order valence-corrected chi connectivity index (χ2v) is 5.93. The summed E-state index contributed by atoms with van der Waals surface area (Å²) in [6, 6.07) is 27.4. The van der Waals surface area contributed by atoms with E-state index < -0.39 is 0 Å². The van der Waals surface area contributed by atoms with Gasteiger partial charge in [-0.3, -0.25) is 4.57 Å². The number of rotatable bonds is 2. The van der Waals surface area contributed by atoms with Gasteiger partial charge in [-0.15, -0.1) is 17.7 Å². The Bertz CT molecular complexity index is 1030. The first-order valence-corrected chi connectivity index (χ1v) is 7.98. The van der Waals surface area contributed by atoms with Gasteiger partial charge in [-0.05, 0) is 6.07 Å². The Morgan fingerprint density at radius 3 is 2.46 bits per heavy atom. The quantitative estimate of drug-likeness (QED) is 0.279. The summed E-state index contributed by atoms with van der Waals surface area (Å²) in [6.45, 7) is 2.12. The van der Waals surface area contributed by atoms with Crippen molar-refractivity contribution < 1.29 is 37.3 Å². The molecule has 0 spiro atoms. The standard InChI is InChI=1S/C22H17N2.B.Y/c1-16-12-13-18(17-8-4-3-5-9-17)14-20(16)22-19-10-6-7-11-21(19)23-15-24(22)2;;/h3-8,10-13,15H,1-2H3;;/q-1;;. The third kappa shape index (κ3) is 3.79. The smallest absolute Gasteiger partial charge is 0.265 e. The summed E-state index contributed by atoms with van der Waals surface area (Å²) in [4.78, 5) is 4.52. The molecule has 2 nitrogen and oxygen atoms in total. The van der Waals surface area contributed by atoms with E-state index in [4.69, 9.17) is 0 Å². The van der Waals surface area contributed by atoms with Crippen molar-refractivity contribution in [1.82, 2.24) is 4.98 Å². The summed E-state index contributed by atoms with van der Waals surface area (Å²) in [5.41, 5.74) is 6.54. The van der Waals surface area contributed by atoms with E-state index in [1.54, 1.807) is 0 Å². The van der Waals surface area contributed by atoms with Gasteiger partial charge in [0.05, 0.1) is 12.7 Å². The van der Waals surface area contributed by atoms with Crippen LogP contribution in [0.2, 0.25) is 0 Å². The second kappa shape index (κ2) is 8.70. The molecule has 0 atom stereocenters. The molecule has 3 aromatic carbocycles. The normalized spacial score (nSPS) is 10.1. The molecular formula is C22H17BN2Y-. The first-order valence-electron chi connectivity index (χ1n) is 7.98. The Morgan fingerprint density at radius 1 is 0.923 bits per heavy atom. The van der Waals surface area contributed by atoms with Crippen molar-refractivity contribution in [1.29, 1.82) is 0 Å². The molecule has 0 saturated carbocycles. The molecule has 26 heavy (non-hydrogen) atoms. The van der Waals surface area contributed by atoms with Crippen molar-refractivity contribution in [3.63, 3.8) is 0 Å². The molecule has 1 aromatic heterocycles. The summed E-state index contributed by atoms with van der Waals surface area (Å²) in [5.74, 6) is 0. The van der Waals surface area contributed by atoms with Crippen LogP contribution in [0.1, 0.15) is 5.56 Å². The average Bonchev–Trinajstić information content (AvgIpc) is 2.63. The SMILES string of the molecule is Cc1ccc(-c2[c-]cccc2)[c-]c1-c1c2ccccc2nc[n+]1C.[B].[Y]. The largest absolute Gasteiger partial charge is 0.280 e. The third-order valence-corrected chi connectivity index (χ3v) is 4.27. The Labute approximate surface area is 181 Å². The van der Waals surface area contributed by atoms with Crippen LogP contribution in [-0.2, 0) is 39.8 Å². The Kier molecular flexibility index (Phi) is 6.86. The van der Waals surface area contributed by atoms with Gasteiger partial charge in [0.15, 0.2) is 5.52 Å². The van der Waals surface area contributed by atoms with Gasteiger partial charge in [-0.1, -0.05) is 35.7 Å². The van der Waals surface area contributed by atoms with Gasteiger partial charge in [-0.25, -0.2) is 5.56 Å². The van der Waals surface area contributed by atoms with E-state index in [-0.39, 0.29) is 41.1 Å². The number of fused-ring (bicyclic) bond motifs is 1. The average molecular weight is 409 g/mol. The Morgan fingerprint density at radius 2 is 1.69 bits per heavy atom. The number of hydrogen-bond acceptors (Lipinski definition) is 1. The molecule has 0 N–H and O–H groups in total. The van der Waals surface area contributed by atoms with E-state index in [1.807, 2.05) is 43.7 Å². The monoisotopic (exact) mass is 409 g/mol. The van der Waals surface area contributed by atoms with Crippen LogP contribution in [0.25, 0.3) is 33.3 Å². The van der Waals surface area contributed by atoms with E-state index in [0.29, 0.717) is 0 Å². The van der Waals surface area contributed by atoms with E-state index in [2.05, 4.69) is 58.9 Å². The molecule has 4 aromatic rings. The molecule has 122 valence electrons. The van der Waals surface area contributed by atoms with Gasteiger partial charge in [0.2, 0.25) is 0 Å². The van der Waals surface area contributed by atoms with E-state index >= 15 is 0 Å². The van der Waals surface area contributed by atoms with E-state index in [0.717, 1.165) is 33.3 Å². The molecule has 4 heteroatoms. The summed E-state index contributed by atoms with van der Waals surface area (Å²) >= 11 is 0. The molecule has 1 heterocycles. The topological polar surface area (TPSA) is 16.8 Å². The van der Waals surface area contributed by atoms with Crippen LogP contribution in [0, 0.1) is 19.1 Å². The maximum atomic E-state index is 4.52. The fourth-order valence-corrected chi connectivity index (χ4v) is 3.02. The van der Waals surface area contributed by atoms with Crippen LogP contribution in [-0.4, -0.2) is 13.4 Å². The summed E-state index contributed by atoms with van der Waals surface area (Å²) in [5, 5.41) is 1.14. The molecule has 0 bridgehead atoms. The minimum absolute atomic E-state index is 0. The van der Waals surface area contributed by atoms with Crippen molar-refractivity contribution in [2.24, 2.45) is 7.05 Å². The van der Waals surface area contributed by atoms with Crippen LogP contribution in [0.15, 0.2) is 67.0 Å². The number of aromatic nitrogens is 2. The van der Waals surface area contributed by atoms with Crippen molar-refractivity contribution in [2.75, 3.05) is 0 Å². The Hall–Kier alpha value is -1.83. The molecular weight excluding hydrogens is 392 g/mol. The molecule has 0 saturated heterocycles. The molecule has 0 amide bonds. The van der Waals surface area contributed by atoms with Crippen molar-refractivity contribution >= 4 is 19.3 Å². The molecule has 0 aliphatic carbocycles.